The minimum Gasteiger partial charge on any atom is -0.301 e. The van der Waals surface area contributed by atoms with Crippen molar-refractivity contribution in [2.45, 2.75) is 38.6 Å². The van der Waals surface area contributed by atoms with Crippen LogP contribution in [0.15, 0.2) is 4.99 Å². The quantitative estimate of drug-likeness (QED) is 0.698. The van der Waals surface area contributed by atoms with Gasteiger partial charge in [0.2, 0.25) is 0 Å². The summed E-state index contributed by atoms with van der Waals surface area (Å²) in [5.74, 6) is 0.758. The standard InChI is InChI=1S/C14H27N3/c1-3-16-8-10-17(11-9-16)14-6-4-13(5-7-14)12-15-2/h12-14H,3-11H2,1-2H3/b15-12+. The van der Waals surface area contributed by atoms with Gasteiger partial charge in [0.1, 0.15) is 0 Å². The molecule has 1 saturated carbocycles. The summed E-state index contributed by atoms with van der Waals surface area (Å²) in [5, 5.41) is 0. The second kappa shape index (κ2) is 6.50. The molecule has 2 rings (SSSR count). The third-order valence-corrected chi connectivity index (χ3v) is 4.47. The first-order valence-electron chi connectivity index (χ1n) is 7.22. The Kier molecular flexibility index (Phi) is 4.99. The van der Waals surface area contributed by atoms with Gasteiger partial charge in [-0.05, 0) is 38.1 Å². The minimum absolute atomic E-state index is 0.758. The van der Waals surface area contributed by atoms with Crippen LogP contribution in [0.5, 0.6) is 0 Å². The van der Waals surface area contributed by atoms with Crippen molar-refractivity contribution in [3.05, 3.63) is 0 Å². The van der Waals surface area contributed by atoms with Crippen LogP contribution in [-0.4, -0.2) is 61.8 Å². The first-order chi connectivity index (χ1) is 8.33. The Hall–Kier alpha value is -0.410. The second-order valence-electron chi connectivity index (χ2n) is 5.45. The summed E-state index contributed by atoms with van der Waals surface area (Å²) >= 11 is 0. The summed E-state index contributed by atoms with van der Waals surface area (Å²) in [7, 11) is 1.90. The van der Waals surface area contributed by atoms with Crippen molar-refractivity contribution in [3.63, 3.8) is 0 Å². The molecule has 1 heterocycles. The largest absolute Gasteiger partial charge is 0.301 e. The van der Waals surface area contributed by atoms with Gasteiger partial charge in [-0.25, -0.2) is 0 Å². The lowest BCUT2D eigenvalue weighted by Gasteiger charge is -2.41. The fraction of sp³-hybridized carbons (Fsp3) is 0.929. The maximum atomic E-state index is 4.17. The number of likely N-dealkylation sites (N-methyl/N-ethyl adjacent to an activating group) is 1. The Morgan fingerprint density at radius 2 is 1.71 bits per heavy atom. The molecule has 0 aromatic heterocycles. The van der Waals surface area contributed by atoms with E-state index in [1.807, 2.05) is 7.05 Å². The first-order valence-corrected chi connectivity index (χ1v) is 7.22. The van der Waals surface area contributed by atoms with Crippen LogP contribution in [0.1, 0.15) is 32.6 Å². The summed E-state index contributed by atoms with van der Waals surface area (Å²) < 4.78 is 0. The van der Waals surface area contributed by atoms with E-state index >= 15 is 0 Å². The van der Waals surface area contributed by atoms with E-state index in [1.165, 1.54) is 58.4 Å². The lowest BCUT2D eigenvalue weighted by Crippen LogP contribution is -2.50. The van der Waals surface area contributed by atoms with E-state index in [2.05, 4.69) is 27.9 Å². The fourth-order valence-corrected chi connectivity index (χ4v) is 3.27. The summed E-state index contributed by atoms with van der Waals surface area (Å²) in [6.45, 7) is 8.59. The van der Waals surface area contributed by atoms with Gasteiger partial charge in [0.25, 0.3) is 0 Å². The molecule has 3 heteroatoms. The monoisotopic (exact) mass is 237 g/mol. The van der Waals surface area contributed by atoms with Gasteiger partial charge in [0.15, 0.2) is 0 Å². The maximum absolute atomic E-state index is 4.17. The SMILES string of the molecule is CCN1CCN(C2CCC(/C=N/C)CC2)CC1. The zero-order chi connectivity index (χ0) is 12.1. The van der Waals surface area contributed by atoms with Crippen LogP contribution in [0.4, 0.5) is 0 Å². The molecule has 0 amide bonds. The zero-order valence-corrected chi connectivity index (χ0v) is 11.4. The van der Waals surface area contributed by atoms with E-state index in [0.717, 1.165) is 12.0 Å². The van der Waals surface area contributed by atoms with Crippen LogP contribution in [0.3, 0.4) is 0 Å². The Morgan fingerprint density at radius 1 is 1.06 bits per heavy atom. The molecular weight excluding hydrogens is 210 g/mol. The molecule has 0 bridgehead atoms. The van der Waals surface area contributed by atoms with Gasteiger partial charge in [-0.2, -0.15) is 0 Å². The predicted molar refractivity (Wildman–Crippen MR) is 73.8 cm³/mol. The molecule has 2 fully saturated rings. The van der Waals surface area contributed by atoms with Crippen molar-refractivity contribution in [1.82, 2.24) is 9.80 Å². The summed E-state index contributed by atoms with van der Waals surface area (Å²) in [5.41, 5.74) is 0. The molecule has 2 aliphatic rings. The fourth-order valence-electron chi connectivity index (χ4n) is 3.27. The highest BCUT2D eigenvalue weighted by atomic mass is 15.3. The molecule has 17 heavy (non-hydrogen) atoms. The van der Waals surface area contributed by atoms with Gasteiger partial charge in [-0.3, -0.25) is 4.90 Å². The molecule has 0 spiro atoms. The zero-order valence-electron chi connectivity index (χ0n) is 11.4. The minimum atomic E-state index is 0.758. The summed E-state index contributed by atoms with van der Waals surface area (Å²) in [6.07, 6.45) is 7.60. The molecule has 98 valence electrons. The van der Waals surface area contributed by atoms with Crippen LogP contribution < -0.4 is 0 Å². The average molecular weight is 237 g/mol. The van der Waals surface area contributed by atoms with Gasteiger partial charge in [-0.1, -0.05) is 6.92 Å². The predicted octanol–water partition coefficient (Wildman–Crippen LogP) is 1.88. The number of piperazine rings is 1. The van der Waals surface area contributed by atoms with E-state index in [9.17, 15) is 0 Å². The molecule has 0 aromatic rings. The lowest BCUT2D eigenvalue weighted by atomic mass is 9.86. The molecule has 1 aliphatic heterocycles. The van der Waals surface area contributed by atoms with Gasteiger partial charge < -0.3 is 9.89 Å². The van der Waals surface area contributed by atoms with E-state index in [4.69, 9.17) is 0 Å². The van der Waals surface area contributed by atoms with Crippen LogP contribution >= 0.6 is 0 Å². The van der Waals surface area contributed by atoms with Crippen molar-refractivity contribution in [2.75, 3.05) is 39.8 Å². The molecule has 1 saturated heterocycles. The Balaban J connectivity index is 1.74. The maximum Gasteiger partial charge on any atom is 0.0273 e. The second-order valence-corrected chi connectivity index (χ2v) is 5.45. The Morgan fingerprint density at radius 3 is 2.24 bits per heavy atom. The Bertz CT molecular complexity index is 236. The van der Waals surface area contributed by atoms with Crippen LogP contribution in [-0.2, 0) is 0 Å². The van der Waals surface area contributed by atoms with Gasteiger partial charge >= 0.3 is 0 Å². The van der Waals surface area contributed by atoms with Crippen molar-refractivity contribution < 1.29 is 0 Å². The van der Waals surface area contributed by atoms with Gasteiger partial charge in [-0.15, -0.1) is 0 Å². The highest BCUT2D eigenvalue weighted by Gasteiger charge is 2.27. The molecule has 0 N–H and O–H groups in total. The average Bonchev–Trinajstić information content (AvgIpc) is 2.40. The third-order valence-electron chi connectivity index (χ3n) is 4.47. The van der Waals surface area contributed by atoms with E-state index in [1.54, 1.807) is 0 Å². The van der Waals surface area contributed by atoms with E-state index in [0.29, 0.717) is 0 Å². The third kappa shape index (κ3) is 3.52. The Labute approximate surface area is 106 Å². The van der Waals surface area contributed by atoms with Crippen molar-refractivity contribution in [3.8, 4) is 0 Å². The number of hydrogen-bond acceptors (Lipinski definition) is 3. The van der Waals surface area contributed by atoms with Crippen molar-refractivity contribution in [1.29, 1.82) is 0 Å². The number of aliphatic imine (C=N–C) groups is 1. The highest BCUT2D eigenvalue weighted by molar-refractivity contribution is 5.60. The van der Waals surface area contributed by atoms with E-state index in [-0.39, 0.29) is 0 Å². The molecule has 0 radical (unpaired) electrons. The normalized spacial score (nSPS) is 33.3. The number of nitrogens with zero attached hydrogens (tertiary/aromatic N) is 3. The van der Waals surface area contributed by atoms with Crippen LogP contribution in [0.25, 0.3) is 0 Å². The van der Waals surface area contributed by atoms with Crippen molar-refractivity contribution >= 4 is 6.21 Å². The topological polar surface area (TPSA) is 18.8 Å². The van der Waals surface area contributed by atoms with Gasteiger partial charge in [0, 0.05) is 45.5 Å². The molecule has 3 nitrogen and oxygen atoms in total. The first kappa shape index (κ1) is 13.0. The van der Waals surface area contributed by atoms with E-state index < -0.39 is 0 Å². The molecular formula is C14H27N3. The van der Waals surface area contributed by atoms with Gasteiger partial charge in [0.05, 0.1) is 0 Å². The van der Waals surface area contributed by atoms with Crippen LogP contribution in [0, 0.1) is 5.92 Å². The summed E-state index contributed by atoms with van der Waals surface area (Å²) in [4.78, 5) is 9.46. The summed E-state index contributed by atoms with van der Waals surface area (Å²) in [6, 6.07) is 0.857. The molecule has 1 aliphatic carbocycles. The lowest BCUT2D eigenvalue weighted by molar-refractivity contribution is 0.0782. The smallest absolute Gasteiger partial charge is 0.0273 e. The number of rotatable bonds is 3. The molecule has 0 aromatic carbocycles. The van der Waals surface area contributed by atoms with Crippen LogP contribution in [0.2, 0.25) is 0 Å². The highest BCUT2D eigenvalue weighted by Crippen LogP contribution is 2.27. The van der Waals surface area contributed by atoms with Crippen molar-refractivity contribution in [2.24, 2.45) is 10.9 Å². The molecule has 0 atom stereocenters. The number of hydrogen-bond donors (Lipinski definition) is 0. The molecule has 0 unspecified atom stereocenters.